The standard InChI is InChI=1S/C11H12ClNS/c12-8-1-2-9-10(5-8)14-6-7-3-4-13-11(7)9/h1-2,5,7,11,13H,3-4,6H2. The molecule has 2 atom stereocenters. The van der Waals surface area contributed by atoms with Crippen molar-refractivity contribution in [3.05, 3.63) is 28.8 Å². The third-order valence-corrected chi connectivity index (χ3v) is 4.61. The molecule has 3 heteroatoms. The van der Waals surface area contributed by atoms with E-state index in [2.05, 4.69) is 17.4 Å². The maximum atomic E-state index is 5.99. The van der Waals surface area contributed by atoms with Gasteiger partial charge >= 0.3 is 0 Å². The molecule has 74 valence electrons. The molecule has 2 heterocycles. The summed E-state index contributed by atoms with van der Waals surface area (Å²) >= 11 is 7.94. The molecule has 1 saturated heterocycles. The molecule has 3 rings (SSSR count). The first-order chi connectivity index (χ1) is 6.84. The zero-order valence-corrected chi connectivity index (χ0v) is 9.37. The number of hydrogen-bond acceptors (Lipinski definition) is 2. The molecule has 0 aromatic heterocycles. The zero-order valence-electron chi connectivity index (χ0n) is 7.79. The summed E-state index contributed by atoms with van der Waals surface area (Å²) in [4.78, 5) is 1.37. The van der Waals surface area contributed by atoms with E-state index in [1.807, 2.05) is 17.8 Å². The third kappa shape index (κ3) is 1.37. The molecule has 1 nitrogen and oxygen atoms in total. The van der Waals surface area contributed by atoms with Gasteiger partial charge in [0.05, 0.1) is 0 Å². The molecule has 14 heavy (non-hydrogen) atoms. The minimum atomic E-state index is 0.587. The molecule has 1 fully saturated rings. The van der Waals surface area contributed by atoms with Crippen LogP contribution in [0.2, 0.25) is 5.02 Å². The van der Waals surface area contributed by atoms with E-state index in [1.165, 1.54) is 22.6 Å². The molecular formula is C11H12ClNS. The van der Waals surface area contributed by atoms with Gasteiger partial charge in [-0.25, -0.2) is 0 Å². The lowest BCUT2D eigenvalue weighted by atomic mass is 9.95. The Hall–Kier alpha value is -0.180. The smallest absolute Gasteiger partial charge is 0.0417 e. The summed E-state index contributed by atoms with van der Waals surface area (Å²) < 4.78 is 0. The summed E-state index contributed by atoms with van der Waals surface area (Å²) in [6.07, 6.45) is 1.32. The van der Waals surface area contributed by atoms with Gasteiger partial charge in [-0.15, -0.1) is 11.8 Å². The molecule has 0 bridgehead atoms. The van der Waals surface area contributed by atoms with E-state index in [1.54, 1.807) is 0 Å². The normalized spacial score (nSPS) is 29.8. The highest BCUT2D eigenvalue weighted by atomic mass is 35.5. The summed E-state index contributed by atoms with van der Waals surface area (Å²) in [5.74, 6) is 2.07. The van der Waals surface area contributed by atoms with Gasteiger partial charge in [-0.1, -0.05) is 17.7 Å². The number of fused-ring (bicyclic) bond motifs is 3. The predicted molar refractivity (Wildman–Crippen MR) is 61.0 cm³/mol. The van der Waals surface area contributed by atoms with Crippen LogP contribution in [0.1, 0.15) is 18.0 Å². The van der Waals surface area contributed by atoms with Crippen LogP contribution >= 0.6 is 23.4 Å². The second kappa shape index (κ2) is 3.44. The van der Waals surface area contributed by atoms with Crippen molar-refractivity contribution in [2.45, 2.75) is 17.4 Å². The minimum Gasteiger partial charge on any atom is -0.310 e. The molecule has 2 aliphatic rings. The van der Waals surface area contributed by atoms with Gasteiger partial charge in [-0.05, 0) is 36.6 Å². The Labute approximate surface area is 93.2 Å². The van der Waals surface area contributed by atoms with Crippen molar-refractivity contribution < 1.29 is 0 Å². The number of benzene rings is 1. The topological polar surface area (TPSA) is 12.0 Å². The summed E-state index contributed by atoms with van der Waals surface area (Å²) in [7, 11) is 0. The molecule has 1 N–H and O–H groups in total. The molecule has 0 amide bonds. The number of nitrogens with one attached hydrogen (secondary N) is 1. The van der Waals surface area contributed by atoms with Crippen molar-refractivity contribution in [1.82, 2.24) is 5.32 Å². The highest BCUT2D eigenvalue weighted by Crippen LogP contribution is 2.43. The van der Waals surface area contributed by atoms with Crippen LogP contribution in [0.5, 0.6) is 0 Å². The maximum Gasteiger partial charge on any atom is 0.0417 e. The zero-order chi connectivity index (χ0) is 9.54. The highest BCUT2D eigenvalue weighted by Gasteiger charge is 2.33. The van der Waals surface area contributed by atoms with Crippen LogP contribution in [0.25, 0.3) is 0 Å². The molecule has 0 saturated carbocycles. The fourth-order valence-electron chi connectivity index (χ4n) is 2.39. The average molecular weight is 226 g/mol. The van der Waals surface area contributed by atoms with Crippen LogP contribution in [-0.2, 0) is 0 Å². The monoisotopic (exact) mass is 225 g/mol. The molecule has 1 aromatic carbocycles. The predicted octanol–water partition coefficient (Wildman–Crippen LogP) is 3.10. The van der Waals surface area contributed by atoms with Crippen molar-refractivity contribution in [2.24, 2.45) is 5.92 Å². The first-order valence-corrected chi connectivity index (χ1v) is 6.36. The van der Waals surface area contributed by atoms with Crippen LogP contribution in [0.4, 0.5) is 0 Å². The third-order valence-electron chi connectivity index (χ3n) is 3.11. The van der Waals surface area contributed by atoms with Crippen LogP contribution in [0.3, 0.4) is 0 Å². The van der Waals surface area contributed by atoms with Crippen LogP contribution in [0, 0.1) is 5.92 Å². The Balaban J connectivity index is 2.05. The summed E-state index contributed by atoms with van der Waals surface area (Å²) in [5.41, 5.74) is 1.45. The second-order valence-corrected chi connectivity index (χ2v) is 5.47. The van der Waals surface area contributed by atoms with Crippen LogP contribution < -0.4 is 5.32 Å². The Bertz CT molecular complexity index is 366. The van der Waals surface area contributed by atoms with Crippen molar-refractivity contribution in [3.63, 3.8) is 0 Å². The summed E-state index contributed by atoms with van der Waals surface area (Å²) in [6.45, 7) is 1.16. The van der Waals surface area contributed by atoms with Crippen molar-refractivity contribution in [1.29, 1.82) is 0 Å². The van der Waals surface area contributed by atoms with Gasteiger partial charge in [0, 0.05) is 21.7 Å². The van der Waals surface area contributed by atoms with Crippen LogP contribution in [0.15, 0.2) is 23.1 Å². The number of hydrogen-bond donors (Lipinski definition) is 1. The van der Waals surface area contributed by atoms with Gasteiger partial charge in [0.25, 0.3) is 0 Å². The van der Waals surface area contributed by atoms with E-state index >= 15 is 0 Å². The number of thioether (sulfide) groups is 1. The van der Waals surface area contributed by atoms with Crippen molar-refractivity contribution >= 4 is 23.4 Å². The molecule has 2 aliphatic heterocycles. The van der Waals surface area contributed by atoms with Gasteiger partial charge in [0.15, 0.2) is 0 Å². The number of halogens is 1. The van der Waals surface area contributed by atoms with Crippen molar-refractivity contribution in [3.8, 4) is 0 Å². The van der Waals surface area contributed by atoms with Gasteiger partial charge < -0.3 is 5.32 Å². The first kappa shape index (κ1) is 9.08. The Morgan fingerprint density at radius 2 is 2.36 bits per heavy atom. The van der Waals surface area contributed by atoms with E-state index in [0.717, 1.165) is 17.5 Å². The van der Waals surface area contributed by atoms with Crippen LogP contribution in [-0.4, -0.2) is 12.3 Å². The fraction of sp³-hybridized carbons (Fsp3) is 0.455. The van der Waals surface area contributed by atoms with E-state index in [9.17, 15) is 0 Å². The lowest BCUT2D eigenvalue weighted by molar-refractivity contribution is 0.496. The van der Waals surface area contributed by atoms with Crippen molar-refractivity contribution in [2.75, 3.05) is 12.3 Å². The fourth-order valence-corrected chi connectivity index (χ4v) is 3.95. The lowest BCUT2D eigenvalue weighted by Crippen LogP contribution is -2.22. The average Bonchev–Trinajstić information content (AvgIpc) is 2.65. The van der Waals surface area contributed by atoms with Gasteiger partial charge in [0.1, 0.15) is 0 Å². The summed E-state index contributed by atoms with van der Waals surface area (Å²) in [6, 6.07) is 6.87. The molecule has 0 spiro atoms. The lowest BCUT2D eigenvalue weighted by Gasteiger charge is -2.27. The Morgan fingerprint density at radius 3 is 3.29 bits per heavy atom. The minimum absolute atomic E-state index is 0.587. The van der Waals surface area contributed by atoms with Gasteiger partial charge in [-0.3, -0.25) is 0 Å². The highest BCUT2D eigenvalue weighted by molar-refractivity contribution is 7.99. The van der Waals surface area contributed by atoms with Gasteiger partial charge in [-0.2, -0.15) is 0 Å². The van der Waals surface area contributed by atoms with Gasteiger partial charge in [0.2, 0.25) is 0 Å². The first-order valence-electron chi connectivity index (χ1n) is 5.00. The number of rotatable bonds is 0. The van der Waals surface area contributed by atoms with E-state index in [4.69, 9.17) is 11.6 Å². The Morgan fingerprint density at radius 1 is 1.43 bits per heavy atom. The quantitative estimate of drug-likeness (QED) is 0.728. The molecule has 1 aromatic rings. The van der Waals surface area contributed by atoms with E-state index in [-0.39, 0.29) is 0 Å². The second-order valence-electron chi connectivity index (χ2n) is 3.97. The maximum absolute atomic E-state index is 5.99. The SMILES string of the molecule is Clc1ccc2c(c1)SCC1CCNC21. The molecule has 2 unspecified atom stereocenters. The largest absolute Gasteiger partial charge is 0.310 e. The molecule has 0 aliphatic carbocycles. The summed E-state index contributed by atoms with van der Waals surface area (Å²) in [5, 5.41) is 4.43. The Kier molecular flexibility index (Phi) is 2.23. The van der Waals surface area contributed by atoms with E-state index in [0.29, 0.717) is 6.04 Å². The molecular weight excluding hydrogens is 214 g/mol. The molecule has 0 radical (unpaired) electrons. The van der Waals surface area contributed by atoms with E-state index < -0.39 is 0 Å².